The van der Waals surface area contributed by atoms with E-state index in [1.54, 1.807) is 0 Å². The van der Waals surface area contributed by atoms with E-state index in [0.717, 1.165) is 19.7 Å². The average Bonchev–Trinajstić information content (AvgIpc) is 2.83. The van der Waals surface area contributed by atoms with Crippen molar-refractivity contribution in [2.45, 2.75) is 38.0 Å². The van der Waals surface area contributed by atoms with Crippen molar-refractivity contribution < 1.29 is 19.4 Å². The lowest BCUT2D eigenvalue weighted by molar-refractivity contribution is -0.138. The summed E-state index contributed by atoms with van der Waals surface area (Å²) in [5, 5.41) is 13.7. The second-order valence-corrected chi connectivity index (χ2v) is 5.16. The molecule has 0 radical (unpaired) electrons. The lowest BCUT2D eigenvalue weighted by Gasteiger charge is -2.35. The van der Waals surface area contributed by atoms with Gasteiger partial charge in [0.05, 0.1) is 12.7 Å². The first kappa shape index (κ1) is 14.1. The van der Waals surface area contributed by atoms with Crippen molar-refractivity contribution >= 4 is 12.0 Å². The second kappa shape index (κ2) is 6.21. The molecule has 3 N–H and O–H groups in total. The van der Waals surface area contributed by atoms with Crippen LogP contribution in [0.2, 0.25) is 0 Å². The number of morpholine rings is 1. The maximum absolute atomic E-state index is 11.5. The number of carbonyl (C=O) groups excluding carboxylic acids is 1. The van der Waals surface area contributed by atoms with E-state index in [-0.39, 0.29) is 6.10 Å². The van der Waals surface area contributed by atoms with Crippen molar-refractivity contribution in [3.05, 3.63) is 0 Å². The zero-order valence-electron chi connectivity index (χ0n) is 11.1. The number of carboxylic acid groups (broad SMARTS) is 1. The smallest absolute Gasteiger partial charge is 0.325 e. The van der Waals surface area contributed by atoms with Crippen LogP contribution < -0.4 is 10.6 Å². The van der Waals surface area contributed by atoms with E-state index < -0.39 is 18.0 Å². The number of hydrogen-bond acceptors (Lipinski definition) is 4. The first-order chi connectivity index (χ1) is 9.06. The van der Waals surface area contributed by atoms with Crippen molar-refractivity contribution in [3.8, 4) is 0 Å². The number of ether oxygens (including phenoxy) is 1. The first-order valence-electron chi connectivity index (χ1n) is 6.69. The van der Waals surface area contributed by atoms with Gasteiger partial charge in [0.25, 0.3) is 0 Å². The third-order valence-corrected chi connectivity index (χ3v) is 3.67. The van der Waals surface area contributed by atoms with Crippen LogP contribution in [0.3, 0.4) is 0 Å². The van der Waals surface area contributed by atoms with Gasteiger partial charge in [-0.25, -0.2) is 4.79 Å². The van der Waals surface area contributed by atoms with Gasteiger partial charge in [-0.15, -0.1) is 0 Å². The molecule has 0 aromatic rings. The molecular weight excluding hydrogens is 250 g/mol. The number of fused-ring (bicyclic) bond motifs is 1. The molecule has 7 nitrogen and oxygen atoms in total. The van der Waals surface area contributed by atoms with Crippen LogP contribution in [-0.2, 0) is 9.53 Å². The molecule has 0 saturated carbocycles. The standard InChI is InChI=1S/C12H21N3O4/c1-8(11(16)17)14-12(18)13-5-10-6-15-4-2-3-9(15)7-19-10/h8-10H,2-7H2,1H3,(H,16,17)(H2,13,14,18)/t8-,9?,10?/m1/s1. The summed E-state index contributed by atoms with van der Waals surface area (Å²) in [5.74, 6) is -1.05. The Morgan fingerprint density at radius 3 is 3.05 bits per heavy atom. The summed E-state index contributed by atoms with van der Waals surface area (Å²) in [6, 6.07) is -0.825. The zero-order chi connectivity index (χ0) is 13.8. The molecule has 0 aliphatic carbocycles. The lowest BCUT2D eigenvalue weighted by Crippen LogP contribution is -2.52. The predicted octanol–water partition coefficient (Wildman–Crippen LogP) is -0.378. The van der Waals surface area contributed by atoms with Gasteiger partial charge in [0, 0.05) is 19.1 Å². The monoisotopic (exact) mass is 271 g/mol. The van der Waals surface area contributed by atoms with Gasteiger partial charge in [-0.3, -0.25) is 9.69 Å². The van der Waals surface area contributed by atoms with Crippen molar-refractivity contribution in [2.24, 2.45) is 0 Å². The average molecular weight is 271 g/mol. The van der Waals surface area contributed by atoms with Crippen LogP contribution in [0.15, 0.2) is 0 Å². The van der Waals surface area contributed by atoms with E-state index in [1.165, 1.54) is 19.8 Å². The maximum atomic E-state index is 11.5. The van der Waals surface area contributed by atoms with E-state index in [4.69, 9.17) is 9.84 Å². The Balaban J connectivity index is 1.68. The lowest BCUT2D eigenvalue weighted by atomic mass is 10.2. The van der Waals surface area contributed by atoms with Crippen molar-refractivity contribution in [1.29, 1.82) is 0 Å². The van der Waals surface area contributed by atoms with Gasteiger partial charge in [0.2, 0.25) is 0 Å². The molecule has 2 heterocycles. The normalized spacial score (nSPS) is 28.5. The summed E-state index contributed by atoms with van der Waals surface area (Å²) in [4.78, 5) is 24.5. The molecule has 2 saturated heterocycles. The third-order valence-electron chi connectivity index (χ3n) is 3.67. The van der Waals surface area contributed by atoms with E-state index in [1.807, 2.05) is 0 Å². The summed E-state index contributed by atoms with van der Waals surface area (Å²) in [5.41, 5.74) is 0. The molecule has 0 bridgehead atoms. The Hall–Kier alpha value is -1.34. The SMILES string of the molecule is C[C@@H](NC(=O)NCC1CN2CCCC2CO1)C(=O)O. The topological polar surface area (TPSA) is 90.9 Å². The number of nitrogens with zero attached hydrogens (tertiary/aromatic N) is 1. The van der Waals surface area contributed by atoms with Crippen molar-refractivity contribution in [2.75, 3.05) is 26.2 Å². The van der Waals surface area contributed by atoms with E-state index in [2.05, 4.69) is 15.5 Å². The van der Waals surface area contributed by atoms with Crippen LogP contribution >= 0.6 is 0 Å². The second-order valence-electron chi connectivity index (χ2n) is 5.16. The minimum Gasteiger partial charge on any atom is -0.480 e. The summed E-state index contributed by atoms with van der Waals surface area (Å²) in [6.45, 7) is 4.49. The minimum atomic E-state index is -1.05. The summed E-state index contributed by atoms with van der Waals surface area (Å²) >= 11 is 0. The summed E-state index contributed by atoms with van der Waals surface area (Å²) in [7, 11) is 0. The Bertz CT molecular complexity index is 350. The fraction of sp³-hybridized carbons (Fsp3) is 0.833. The Kier molecular flexibility index (Phi) is 4.60. The highest BCUT2D eigenvalue weighted by Crippen LogP contribution is 2.22. The summed E-state index contributed by atoms with van der Waals surface area (Å²) < 4.78 is 5.69. The largest absolute Gasteiger partial charge is 0.480 e. The molecule has 2 amide bonds. The number of hydrogen-bond donors (Lipinski definition) is 3. The van der Waals surface area contributed by atoms with Crippen LogP contribution in [0.4, 0.5) is 4.79 Å². The highest BCUT2D eigenvalue weighted by Gasteiger charge is 2.32. The van der Waals surface area contributed by atoms with E-state index in [9.17, 15) is 9.59 Å². The van der Waals surface area contributed by atoms with Crippen LogP contribution in [0.5, 0.6) is 0 Å². The van der Waals surface area contributed by atoms with Gasteiger partial charge in [-0.2, -0.15) is 0 Å². The van der Waals surface area contributed by atoms with Gasteiger partial charge >= 0.3 is 12.0 Å². The van der Waals surface area contributed by atoms with Crippen LogP contribution in [-0.4, -0.2) is 66.4 Å². The van der Waals surface area contributed by atoms with Gasteiger partial charge < -0.3 is 20.5 Å². The molecule has 7 heteroatoms. The predicted molar refractivity (Wildman–Crippen MR) is 68.0 cm³/mol. The Morgan fingerprint density at radius 2 is 2.32 bits per heavy atom. The third kappa shape index (κ3) is 3.81. The maximum Gasteiger partial charge on any atom is 0.325 e. The molecule has 2 aliphatic rings. The highest BCUT2D eigenvalue weighted by atomic mass is 16.5. The molecule has 0 aromatic carbocycles. The fourth-order valence-corrected chi connectivity index (χ4v) is 2.53. The number of carbonyl (C=O) groups is 2. The molecule has 3 atom stereocenters. The summed E-state index contributed by atoms with van der Waals surface area (Å²) in [6.07, 6.45) is 2.39. The number of urea groups is 1. The molecule has 0 aromatic heterocycles. The molecule has 0 spiro atoms. The van der Waals surface area contributed by atoms with Gasteiger partial charge in [0.1, 0.15) is 6.04 Å². The molecule has 2 unspecified atom stereocenters. The highest BCUT2D eigenvalue weighted by molar-refractivity contribution is 5.82. The van der Waals surface area contributed by atoms with E-state index in [0.29, 0.717) is 12.6 Å². The quantitative estimate of drug-likeness (QED) is 0.648. The molecule has 2 aliphatic heterocycles. The van der Waals surface area contributed by atoms with Crippen molar-refractivity contribution in [3.63, 3.8) is 0 Å². The van der Waals surface area contributed by atoms with Crippen LogP contribution in [0.1, 0.15) is 19.8 Å². The van der Waals surface area contributed by atoms with Crippen LogP contribution in [0, 0.1) is 0 Å². The number of carboxylic acids is 1. The minimum absolute atomic E-state index is 0.0137. The number of amides is 2. The Labute approximate surface area is 112 Å². The molecular formula is C12H21N3O4. The Morgan fingerprint density at radius 1 is 1.53 bits per heavy atom. The van der Waals surface area contributed by atoms with Gasteiger partial charge in [0.15, 0.2) is 0 Å². The van der Waals surface area contributed by atoms with Gasteiger partial charge in [-0.1, -0.05) is 0 Å². The van der Waals surface area contributed by atoms with Crippen molar-refractivity contribution in [1.82, 2.24) is 15.5 Å². The molecule has 2 fully saturated rings. The van der Waals surface area contributed by atoms with Crippen LogP contribution in [0.25, 0.3) is 0 Å². The van der Waals surface area contributed by atoms with E-state index >= 15 is 0 Å². The number of rotatable bonds is 4. The van der Waals surface area contributed by atoms with Gasteiger partial charge in [-0.05, 0) is 26.3 Å². The molecule has 2 rings (SSSR count). The first-order valence-corrected chi connectivity index (χ1v) is 6.69. The fourth-order valence-electron chi connectivity index (χ4n) is 2.53. The zero-order valence-corrected chi connectivity index (χ0v) is 11.1. The number of aliphatic carboxylic acids is 1. The molecule has 108 valence electrons. The number of nitrogens with one attached hydrogen (secondary N) is 2. The molecule has 19 heavy (non-hydrogen) atoms.